The highest BCUT2D eigenvalue weighted by atomic mass is 35.5. The Hall–Kier alpha value is -1.89. The van der Waals surface area contributed by atoms with Crippen molar-refractivity contribution in [2.24, 2.45) is 5.10 Å². The molecule has 2 atom stereocenters. The molecule has 2 aromatic rings. The number of nitrogens with one attached hydrogen (secondary N) is 4. The lowest BCUT2D eigenvalue weighted by Gasteiger charge is -2.06. The summed E-state index contributed by atoms with van der Waals surface area (Å²) in [6.45, 7) is 2.01. The molecule has 1 aliphatic rings. The highest BCUT2D eigenvalue weighted by Crippen LogP contribution is 2.24. The minimum absolute atomic E-state index is 0.168. The molecule has 1 saturated heterocycles. The summed E-state index contributed by atoms with van der Waals surface area (Å²) in [6, 6.07) is 7.75. The maximum atomic E-state index is 11.9. The van der Waals surface area contributed by atoms with E-state index in [1.54, 1.807) is 6.21 Å². The van der Waals surface area contributed by atoms with Gasteiger partial charge in [0, 0.05) is 22.5 Å². The Kier molecular flexibility index (Phi) is 3.92. The lowest BCUT2D eigenvalue weighted by atomic mass is 10.1. The van der Waals surface area contributed by atoms with Crippen molar-refractivity contribution in [1.82, 2.24) is 21.3 Å². The number of carbonyl (C=O) groups is 1. The molecule has 1 aliphatic heterocycles. The summed E-state index contributed by atoms with van der Waals surface area (Å²) in [4.78, 5) is 15.0. The molecular formula is C14H16ClN5O. The van der Waals surface area contributed by atoms with Crippen LogP contribution in [0.2, 0.25) is 5.15 Å². The highest BCUT2D eigenvalue weighted by Gasteiger charge is 2.26. The Morgan fingerprint density at radius 3 is 3.00 bits per heavy atom. The molecule has 2 unspecified atom stereocenters. The van der Waals surface area contributed by atoms with E-state index < -0.39 is 0 Å². The number of amides is 1. The van der Waals surface area contributed by atoms with Crippen LogP contribution in [0.1, 0.15) is 18.9 Å². The molecule has 3 rings (SSSR count). The third kappa shape index (κ3) is 2.92. The molecule has 1 fully saturated rings. The molecule has 1 aromatic carbocycles. The van der Waals surface area contributed by atoms with Gasteiger partial charge in [-0.05, 0) is 19.4 Å². The van der Waals surface area contributed by atoms with E-state index in [0.717, 1.165) is 22.9 Å². The minimum atomic E-state index is -0.268. The van der Waals surface area contributed by atoms with E-state index >= 15 is 0 Å². The number of aromatic nitrogens is 1. The number of nitrogens with zero attached hydrogens (tertiary/aromatic N) is 1. The summed E-state index contributed by atoms with van der Waals surface area (Å²) in [5, 5.41) is 5.47. The van der Waals surface area contributed by atoms with Crippen molar-refractivity contribution in [3.8, 4) is 0 Å². The van der Waals surface area contributed by atoms with Gasteiger partial charge in [0.25, 0.3) is 5.91 Å². The number of para-hydroxylation sites is 1. The van der Waals surface area contributed by atoms with Gasteiger partial charge in [0.15, 0.2) is 0 Å². The molecule has 1 aromatic heterocycles. The summed E-state index contributed by atoms with van der Waals surface area (Å²) in [7, 11) is 0. The number of aromatic amines is 1. The van der Waals surface area contributed by atoms with E-state index in [0.29, 0.717) is 5.15 Å². The first-order valence-electron chi connectivity index (χ1n) is 6.75. The first-order chi connectivity index (χ1) is 10.1. The van der Waals surface area contributed by atoms with Gasteiger partial charge in [-0.15, -0.1) is 0 Å². The first kappa shape index (κ1) is 14.1. The summed E-state index contributed by atoms with van der Waals surface area (Å²) in [6.07, 6.45) is 2.29. The van der Waals surface area contributed by atoms with E-state index in [-0.39, 0.29) is 18.0 Å². The summed E-state index contributed by atoms with van der Waals surface area (Å²) in [5.41, 5.74) is 10.2. The predicted molar refractivity (Wildman–Crippen MR) is 83.2 cm³/mol. The lowest BCUT2D eigenvalue weighted by Crippen LogP contribution is -2.41. The predicted octanol–water partition coefficient (Wildman–Crippen LogP) is 1.53. The van der Waals surface area contributed by atoms with Crippen molar-refractivity contribution < 1.29 is 4.79 Å². The van der Waals surface area contributed by atoms with Gasteiger partial charge in [-0.2, -0.15) is 5.10 Å². The SMILES string of the molecule is CC1CC(C(=O)N/N=C/c2c(Cl)[nH]c3ccccc23)NN1. The number of hydrazine groups is 1. The first-order valence-corrected chi connectivity index (χ1v) is 7.13. The number of carbonyl (C=O) groups excluding carboxylic acids is 1. The van der Waals surface area contributed by atoms with Crippen LogP contribution in [0.25, 0.3) is 10.9 Å². The van der Waals surface area contributed by atoms with Crippen LogP contribution in [0.5, 0.6) is 0 Å². The average Bonchev–Trinajstić information content (AvgIpc) is 3.03. The fraction of sp³-hybridized carbons (Fsp3) is 0.286. The van der Waals surface area contributed by atoms with E-state index in [4.69, 9.17) is 11.6 Å². The van der Waals surface area contributed by atoms with Gasteiger partial charge >= 0.3 is 0 Å². The zero-order chi connectivity index (χ0) is 14.8. The molecule has 0 radical (unpaired) electrons. The number of hydrogen-bond acceptors (Lipinski definition) is 4. The summed E-state index contributed by atoms with van der Waals surface area (Å²) in [5.74, 6) is -0.168. The van der Waals surface area contributed by atoms with E-state index in [1.165, 1.54) is 0 Å². The van der Waals surface area contributed by atoms with Crippen molar-refractivity contribution in [3.63, 3.8) is 0 Å². The van der Waals surface area contributed by atoms with E-state index in [2.05, 4.69) is 26.4 Å². The molecule has 0 bridgehead atoms. The normalized spacial score (nSPS) is 22.2. The Morgan fingerprint density at radius 2 is 2.24 bits per heavy atom. The quantitative estimate of drug-likeness (QED) is 0.513. The van der Waals surface area contributed by atoms with Crippen LogP contribution in [0.3, 0.4) is 0 Å². The highest BCUT2D eigenvalue weighted by molar-refractivity contribution is 6.34. The number of benzene rings is 1. The van der Waals surface area contributed by atoms with Gasteiger partial charge in [0.2, 0.25) is 0 Å². The number of hydrogen-bond donors (Lipinski definition) is 4. The van der Waals surface area contributed by atoms with Crippen molar-refractivity contribution in [3.05, 3.63) is 35.0 Å². The fourth-order valence-electron chi connectivity index (χ4n) is 2.38. The molecule has 0 spiro atoms. The average molecular weight is 306 g/mol. The fourth-order valence-corrected chi connectivity index (χ4v) is 2.63. The molecule has 0 saturated carbocycles. The van der Waals surface area contributed by atoms with Gasteiger partial charge in [-0.3, -0.25) is 10.2 Å². The van der Waals surface area contributed by atoms with E-state index in [9.17, 15) is 4.79 Å². The Bertz CT molecular complexity index is 696. The zero-order valence-electron chi connectivity index (χ0n) is 11.5. The minimum Gasteiger partial charge on any atom is -0.345 e. The van der Waals surface area contributed by atoms with E-state index in [1.807, 2.05) is 31.2 Å². The second-order valence-electron chi connectivity index (χ2n) is 5.11. The molecule has 7 heteroatoms. The third-order valence-corrected chi connectivity index (χ3v) is 3.77. The Labute approximate surface area is 126 Å². The zero-order valence-corrected chi connectivity index (χ0v) is 12.2. The van der Waals surface area contributed by atoms with Crippen molar-refractivity contribution in [1.29, 1.82) is 0 Å². The molecular weight excluding hydrogens is 290 g/mol. The molecule has 2 heterocycles. The number of rotatable bonds is 3. The number of hydrazone groups is 1. The molecule has 1 amide bonds. The van der Waals surface area contributed by atoms with Crippen LogP contribution in [-0.4, -0.2) is 29.2 Å². The lowest BCUT2D eigenvalue weighted by molar-refractivity contribution is -0.122. The van der Waals surface area contributed by atoms with Gasteiger partial charge < -0.3 is 4.98 Å². The Morgan fingerprint density at radius 1 is 1.43 bits per heavy atom. The maximum Gasteiger partial charge on any atom is 0.258 e. The molecule has 110 valence electrons. The monoisotopic (exact) mass is 305 g/mol. The molecule has 4 N–H and O–H groups in total. The number of H-pyrrole nitrogens is 1. The molecule has 21 heavy (non-hydrogen) atoms. The molecule has 0 aliphatic carbocycles. The van der Waals surface area contributed by atoms with Crippen molar-refractivity contribution in [2.75, 3.05) is 0 Å². The second kappa shape index (κ2) is 5.85. The van der Waals surface area contributed by atoms with Crippen molar-refractivity contribution in [2.45, 2.75) is 25.4 Å². The van der Waals surface area contributed by atoms with Crippen LogP contribution in [-0.2, 0) is 4.79 Å². The smallest absolute Gasteiger partial charge is 0.258 e. The van der Waals surface area contributed by atoms with Crippen molar-refractivity contribution >= 4 is 34.6 Å². The van der Waals surface area contributed by atoms with Gasteiger partial charge in [-0.25, -0.2) is 10.9 Å². The van der Waals surface area contributed by atoms with Gasteiger partial charge in [-0.1, -0.05) is 29.8 Å². The standard InChI is InChI=1S/C14H16ClN5O/c1-8-6-12(19-18-8)14(21)20-16-7-10-9-4-2-3-5-11(9)17-13(10)15/h2-5,7-8,12,17-19H,6H2,1H3,(H,20,21)/b16-7+. The van der Waals surface area contributed by atoms with Crippen LogP contribution in [0.15, 0.2) is 29.4 Å². The maximum absolute atomic E-state index is 11.9. The third-order valence-electron chi connectivity index (χ3n) is 3.48. The van der Waals surface area contributed by atoms with Gasteiger partial charge in [0.05, 0.1) is 6.21 Å². The topological polar surface area (TPSA) is 81.3 Å². The number of fused-ring (bicyclic) bond motifs is 1. The number of halogens is 1. The summed E-state index contributed by atoms with van der Waals surface area (Å²) >= 11 is 6.15. The van der Waals surface area contributed by atoms with Crippen LogP contribution in [0.4, 0.5) is 0 Å². The van der Waals surface area contributed by atoms with Gasteiger partial charge in [0.1, 0.15) is 11.2 Å². The van der Waals surface area contributed by atoms with Crippen LogP contribution < -0.4 is 16.3 Å². The van der Waals surface area contributed by atoms with Crippen LogP contribution >= 0.6 is 11.6 Å². The Balaban J connectivity index is 1.70. The summed E-state index contributed by atoms with van der Waals surface area (Å²) < 4.78 is 0. The second-order valence-corrected chi connectivity index (χ2v) is 5.49. The largest absolute Gasteiger partial charge is 0.345 e. The molecule has 6 nitrogen and oxygen atoms in total. The van der Waals surface area contributed by atoms with Crippen LogP contribution in [0, 0.1) is 0 Å².